The molecule has 0 amide bonds. The first-order valence-corrected chi connectivity index (χ1v) is 3.55. The maximum absolute atomic E-state index is 8.94. The normalized spacial score (nSPS) is 12.8. The van der Waals surface area contributed by atoms with Crippen molar-refractivity contribution < 1.29 is 10.2 Å². The second-order valence-corrected chi connectivity index (χ2v) is 2.40. The number of anilines is 2. The Morgan fingerprint density at radius 2 is 2.50 bits per heavy atom. The number of imidazole rings is 1. The molecule has 0 aromatic carbocycles. The molecule has 1 heterocycles. The minimum Gasteiger partial charge on any atom is -0.394 e. The summed E-state index contributed by atoms with van der Waals surface area (Å²) in [6, 6.07) is 0. The van der Waals surface area contributed by atoms with E-state index in [-0.39, 0.29) is 13.2 Å². The Kier molecular flexibility index (Phi) is 2.89. The van der Waals surface area contributed by atoms with Crippen molar-refractivity contribution in [1.82, 2.24) is 9.97 Å². The van der Waals surface area contributed by atoms with Gasteiger partial charge >= 0.3 is 0 Å². The van der Waals surface area contributed by atoms with Gasteiger partial charge in [-0.2, -0.15) is 0 Å². The molecule has 6 nitrogen and oxygen atoms in total. The van der Waals surface area contributed by atoms with Crippen molar-refractivity contribution in [1.29, 1.82) is 0 Å². The predicted octanol–water partition coefficient (Wildman–Crippen LogP) is -1.24. The Bertz CT molecular complexity index is 237. The molecule has 0 aliphatic heterocycles. The molecule has 68 valence electrons. The minimum absolute atomic E-state index is 0.240. The van der Waals surface area contributed by atoms with Gasteiger partial charge in [0.1, 0.15) is 5.82 Å². The Balaban J connectivity index is 2.33. The molecule has 1 atom stereocenters. The monoisotopic (exact) mass is 172 g/mol. The lowest BCUT2D eigenvalue weighted by Gasteiger charge is -2.06. The molecule has 0 saturated carbocycles. The van der Waals surface area contributed by atoms with Gasteiger partial charge in [0.25, 0.3) is 0 Å². The number of hydrogen-bond donors (Lipinski definition) is 5. The third-order valence-corrected chi connectivity index (χ3v) is 1.31. The fourth-order valence-corrected chi connectivity index (χ4v) is 0.704. The van der Waals surface area contributed by atoms with Crippen LogP contribution in [-0.2, 0) is 0 Å². The first kappa shape index (κ1) is 8.82. The number of nitrogens with one attached hydrogen (secondary N) is 2. The third-order valence-electron chi connectivity index (χ3n) is 1.31. The van der Waals surface area contributed by atoms with Crippen molar-refractivity contribution in [2.45, 2.75) is 6.10 Å². The second-order valence-electron chi connectivity index (χ2n) is 2.40. The average molecular weight is 172 g/mol. The van der Waals surface area contributed by atoms with Gasteiger partial charge in [0.2, 0.25) is 5.95 Å². The average Bonchev–Trinajstić information content (AvgIpc) is 2.47. The van der Waals surface area contributed by atoms with Crippen molar-refractivity contribution in [3.63, 3.8) is 0 Å². The summed E-state index contributed by atoms with van der Waals surface area (Å²) in [6.45, 7) is -0.0351. The highest BCUT2D eigenvalue weighted by molar-refractivity contribution is 5.36. The fourth-order valence-electron chi connectivity index (χ4n) is 0.704. The topological polar surface area (TPSA) is 107 Å². The number of aromatic nitrogens is 2. The van der Waals surface area contributed by atoms with Crippen molar-refractivity contribution >= 4 is 11.8 Å². The quantitative estimate of drug-likeness (QED) is 0.390. The number of nitrogen functional groups attached to an aromatic ring is 1. The van der Waals surface area contributed by atoms with Gasteiger partial charge in [-0.15, -0.1) is 0 Å². The zero-order valence-corrected chi connectivity index (χ0v) is 6.49. The van der Waals surface area contributed by atoms with Crippen LogP contribution in [0.1, 0.15) is 0 Å². The van der Waals surface area contributed by atoms with Crippen LogP contribution in [0.3, 0.4) is 0 Å². The van der Waals surface area contributed by atoms with Crippen molar-refractivity contribution in [3.8, 4) is 0 Å². The summed E-state index contributed by atoms with van der Waals surface area (Å²) in [4.78, 5) is 6.56. The Morgan fingerprint density at radius 1 is 1.75 bits per heavy atom. The van der Waals surface area contributed by atoms with E-state index in [9.17, 15) is 0 Å². The van der Waals surface area contributed by atoms with Crippen LogP contribution in [0.25, 0.3) is 0 Å². The molecule has 1 unspecified atom stereocenters. The zero-order chi connectivity index (χ0) is 8.97. The number of nitrogens with zero attached hydrogens (tertiary/aromatic N) is 1. The van der Waals surface area contributed by atoms with E-state index in [1.165, 1.54) is 6.20 Å². The van der Waals surface area contributed by atoms with Crippen LogP contribution in [0.2, 0.25) is 0 Å². The summed E-state index contributed by atoms with van der Waals surface area (Å²) >= 11 is 0. The number of aliphatic hydroxyl groups is 2. The second kappa shape index (κ2) is 3.93. The fraction of sp³-hybridized carbons (Fsp3) is 0.500. The Hall–Kier alpha value is -1.27. The van der Waals surface area contributed by atoms with E-state index in [1.807, 2.05) is 0 Å². The first-order valence-electron chi connectivity index (χ1n) is 3.55. The molecule has 0 aliphatic carbocycles. The number of hydrogen-bond acceptors (Lipinski definition) is 5. The first-order chi connectivity index (χ1) is 5.72. The lowest BCUT2D eigenvalue weighted by atomic mass is 10.4. The standard InChI is InChI=1S/C6H12N4O2/c7-5-2-9-6(10-5)8-1-4(12)3-11/h2,4,11-12H,1,3,7H2,(H2,8,9,10). The van der Waals surface area contributed by atoms with Gasteiger partial charge < -0.3 is 26.2 Å². The van der Waals surface area contributed by atoms with Crippen LogP contribution >= 0.6 is 0 Å². The van der Waals surface area contributed by atoms with Gasteiger partial charge in [0.15, 0.2) is 0 Å². The molecule has 0 saturated heterocycles. The summed E-state index contributed by atoms with van der Waals surface area (Å²) in [6.07, 6.45) is 0.685. The molecule has 0 fully saturated rings. The Morgan fingerprint density at radius 3 is 3.00 bits per heavy atom. The summed E-state index contributed by atoms with van der Waals surface area (Å²) in [5.41, 5.74) is 5.35. The van der Waals surface area contributed by atoms with Gasteiger partial charge in [0.05, 0.1) is 18.9 Å². The lowest BCUT2D eigenvalue weighted by molar-refractivity contribution is 0.105. The maximum atomic E-state index is 8.94. The molecule has 12 heavy (non-hydrogen) atoms. The summed E-state index contributed by atoms with van der Waals surface area (Å²) in [5, 5.41) is 20.2. The van der Waals surface area contributed by atoms with Crippen molar-refractivity contribution in [3.05, 3.63) is 6.20 Å². The highest BCUT2D eigenvalue weighted by atomic mass is 16.3. The molecule has 0 spiro atoms. The van der Waals surface area contributed by atoms with Gasteiger partial charge in [-0.3, -0.25) is 0 Å². The molecule has 6 heteroatoms. The van der Waals surface area contributed by atoms with Gasteiger partial charge in [0, 0.05) is 6.54 Å². The van der Waals surface area contributed by atoms with E-state index in [4.69, 9.17) is 15.9 Å². The molecule has 1 aromatic rings. The van der Waals surface area contributed by atoms with Gasteiger partial charge in [-0.1, -0.05) is 0 Å². The number of aliphatic hydroxyl groups excluding tert-OH is 2. The van der Waals surface area contributed by atoms with Crippen LogP contribution < -0.4 is 11.1 Å². The lowest BCUT2D eigenvalue weighted by Crippen LogP contribution is -2.23. The predicted molar refractivity (Wildman–Crippen MR) is 44.6 cm³/mol. The number of aromatic amines is 1. The van der Waals surface area contributed by atoms with Crippen molar-refractivity contribution in [2.24, 2.45) is 0 Å². The van der Waals surface area contributed by atoms with E-state index < -0.39 is 6.10 Å². The molecule has 1 rings (SSSR count). The smallest absolute Gasteiger partial charge is 0.201 e. The number of nitrogens with two attached hydrogens (primary N) is 1. The third kappa shape index (κ3) is 2.40. The molecule has 0 radical (unpaired) electrons. The van der Waals surface area contributed by atoms with Crippen LogP contribution in [0.5, 0.6) is 0 Å². The van der Waals surface area contributed by atoms with Crippen LogP contribution in [0, 0.1) is 0 Å². The highest BCUT2D eigenvalue weighted by Crippen LogP contribution is 2.02. The van der Waals surface area contributed by atoms with Gasteiger partial charge in [-0.05, 0) is 0 Å². The number of rotatable bonds is 4. The molecular formula is C6H12N4O2. The SMILES string of the molecule is Nc1cnc(NCC(O)CO)[nH]1. The van der Waals surface area contributed by atoms with Crippen LogP contribution in [0.15, 0.2) is 6.20 Å². The molecular weight excluding hydrogens is 160 g/mol. The van der Waals surface area contributed by atoms with E-state index >= 15 is 0 Å². The molecule has 6 N–H and O–H groups in total. The van der Waals surface area contributed by atoms with Crippen LogP contribution in [-0.4, -0.2) is 39.4 Å². The summed E-state index contributed by atoms with van der Waals surface area (Å²) < 4.78 is 0. The summed E-state index contributed by atoms with van der Waals surface area (Å²) in [5.74, 6) is 0.941. The maximum Gasteiger partial charge on any atom is 0.201 e. The van der Waals surface area contributed by atoms with Crippen LogP contribution in [0.4, 0.5) is 11.8 Å². The highest BCUT2D eigenvalue weighted by Gasteiger charge is 2.02. The number of H-pyrrole nitrogens is 1. The molecule has 0 aliphatic rings. The summed E-state index contributed by atoms with van der Waals surface area (Å²) in [7, 11) is 0. The van der Waals surface area contributed by atoms with E-state index in [0.717, 1.165) is 0 Å². The molecule has 0 bridgehead atoms. The largest absolute Gasteiger partial charge is 0.394 e. The van der Waals surface area contributed by atoms with Crippen molar-refractivity contribution in [2.75, 3.05) is 24.2 Å². The Labute approximate surface area is 69.4 Å². The zero-order valence-electron chi connectivity index (χ0n) is 6.49. The molecule has 1 aromatic heterocycles. The van der Waals surface area contributed by atoms with E-state index in [0.29, 0.717) is 11.8 Å². The van der Waals surface area contributed by atoms with Gasteiger partial charge in [-0.25, -0.2) is 4.98 Å². The minimum atomic E-state index is -0.781. The van der Waals surface area contributed by atoms with E-state index in [1.54, 1.807) is 0 Å². The van der Waals surface area contributed by atoms with E-state index in [2.05, 4.69) is 15.3 Å².